The summed E-state index contributed by atoms with van der Waals surface area (Å²) in [6.45, 7) is -3.20. The standard InChI is InChI=1S/C22H20F2N2O4/c1-4-15-6-5-7-17(12-15)26(14-20(27)25-2)21(28)11-9-16-8-10-18(30-22(23)24)19(13-16)29-3/h1,5-13,22H,14H2,2-3H3,(H,25,27)/b11-9+. The molecule has 2 aromatic carbocycles. The van der Waals surface area contributed by atoms with Gasteiger partial charge in [0.05, 0.1) is 7.11 Å². The third kappa shape index (κ3) is 6.07. The van der Waals surface area contributed by atoms with Crippen molar-refractivity contribution in [2.24, 2.45) is 0 Å². The highest BCUT2D eigenvalue weighted by atomic mass is 19.3. The Labute approximate surface area is 173 Å². The molecule has 0 unspecified atom stereocenters. The summed E-state index contributed by atoms with van der Waals surface area (Å²) in [5, 5.41) is 2.47. The first-order valence-electron chi connectivity index (χ1n) is 8.77. The Kier molecular flexibility index (Phi) is 7.94. The lowest BCUT2D eigenvalue weighted by Crippen LogP contribution is -2.39. The van der Waals surface area contributed by atoms with Gasteiger partial charge in [-0.25, -0.2) is 0 Å². The van der Waals surface area contributed by atoms with E-state index in [1.54, 1.807) is 24.3 Å². The highest BCUT2D eigenvalue weighted by Crippen LogP contribution is 2.30. The Morgan fingerprint density at radius 3 is 2.63 bits per heavy atom. The van der Waals surface area contributed by atoms with Crippen LogP contribution < -0.4 is 19.7 Å². The molecule has 0 heterocycles. The van der Waals surface area contributed by atoms with Crippen molar-refractivity contribution in [3.05, 3.63) is 59.7 Å². The SMILES string of the molecule is C#Cc1cccc(N(CC(=O)NC)C(=O)/C=C/c2ccc(OC(F)F)c(OC)c2)c1. The topological polar surface area (TPSA) is 67.9 Å². The van der Waals surface area contributed by atoms with Crippen LogP contribution in [-0.4, -0.2) is 39.1 Å². The lowest BCUT2D eigenvalue weighted by atomic mass is 10.1. The molecule has 0 bridgehead atoms. The van der Waals surface area contributed by atoms with E-state index in [0.717, 1.165) is 0 Å². The normalized spacial score (nSPS) is 10.5. The van der Waals surface area contributed by atoms with Gasteiger partial charge in [0.25, 0.3) is 5.91 Å². The van der Waals surface area contributed by atoms with Crippen LogP contribution in [0.4, 0.5) is 14.5 Å². The maximum absolute atomic E-state index is 12.8. The monoisotopic (exact) mass is 414 g/mol. The quantitative estimate of drug-likeness (QED) is 0.533. The summed E-state index contributed by atoms with van der Waals surface area (Å²) in [5.74, 6) is 1.62. The molecule has 0 aromatic heterocycles. The minimum Gasteiger partial charge on any atom is -0.493 e. The number of carbonyl (C=O) groups excluding carboxylic acids is 2. The van der Waals surface area contributed by atoms with Crippen molar-refractivity contribution in [3.8, 4) is 23.8 Å². The molecule has 6 nitrogen and oxygen atoms in total. The Morgan fingerprint density at radius 1 is 1.23 bits per heavy atom. The van der Waals surface area contributed by atoms with Crippen LogP contribution >= 0.6 is 0 Å². The van der Waals surface area contributed by atoms with Crippen molar-refractivity contribution in [2.45, 2.75) is 6.61 Å². The number of likely N-dealkylation sites (N-methyl/N-ethyl adjacent to an activating group) is 1. The highest BCUT2D eigenvalue weighted by molar-refractivity contribution is 6.06. The second-order valence-electron chi connectivity index (χ2n) is 5.91. The highest BCUT2D eigenvalue weighted by Gasteiger charge is 2.17. The molecule has 2 rings (SSSR count). The number of terminal acetylenes is 1. The molecule has 0 fully saturated rings. The van der Waals surface area contributed by atoms with E-state index in [9.17, 15) is 18.4 Å². The van der Waals surface area contributed by atoms with E-state index in [4.69, 9.17) is 11.2 Å². The van der Waals surface area contributed by atoms with Crippen molar-refractivity contribution >= 4 is 23.6 Å². The summed E-state index contributed by atoms with van der Waals surface area (Å²) in [5.41, 5.74) is 1.53. The summed E-state index contributed by atoms with van der Waals surface area (Å²) in [6, 6.07) is 10.9. The minimum absolute atomic E-state index is 0.0915. The fourth-order valence-corrected chi connectivity index (χ4v) is 2.52. The Hall–Kier alpha value is -3.86. The molecule has 0 aliphatic rings. The summed E-state index contributed by atoms with van der Waals surface area (Å²) < 4.78 is 34.3. The molecule has 0 radical (unpaired) electrons. The summed E-state index contributed by atoms with van der Waals surface area (Å²) in [6.07, 6.45) is 8.14. The number of benzene rings is 2. The molecule has 0 atom stereocenters. The fourth-order valence-electron chi connectivity index (χ4n) is 2.52. The molecule has 0 saturated carbocycles. The van der Waals surface area contributed by atoms with E-state index >= 15 is 0 Å². The number of carbonyl (C=O) groups is 2. The van der Waals surface area contributed by atoms with Gasteiger partial charge in [-0.15, -0.1) is 6.42 Å². The third-order valence-electron chi connectivity index (χ3n) is 3.99. The summed E-state index contributed by atoms with van der Waals surface area (Å²) in [4.78, 5) is 25.9. The smallest absolute Gasteiger partial charge is 0.387 e. The van der Waals surface area contributed by atoms with Gasteiger partial charge < -0.3 is 14.8 Å². The molecular weight excluding hydrogens is 394 g/mol. The first-order chi connectivity index (χ1) is 14.4. The van der Waals surface area contributed by atoms with E-state index in [1.807, 2.05) is 0 Å². The number of halogens is 2. The Morgan fingerprint density at radius 2 is 2.00 bits per heavy atom. The molecule has 8 heteroatoms. The molecular formula is C22H20F2N2O4. The van der Waals surface area contributed by atoms with E-state index < -0.39 is 12.5 Å². The predicted octanol–water partition coefficient (Wildman–Crippen LogP) is 3.07. The van der Waals surface area contributed by atoms with Gasteiger partial charge in [0.2, 0.25) is 5.91 Å². The van der Waals surface area contributed by atoms with Crippen LogP contribution in [0.25, 0.3) is 6.08 Å². The predicted molar refractivity (Wildman–Crippen MR) is 109 cm³/mol. The number of anilines is 1. The first kappa shape index (κ1) is 22.4. The number of nitrogens with zero attached hydrogens (tertiary/aromatic N) is 1. The minimum atomic E-state index is -2.99. The number of hydrogen-bond donors (Lipinski definition) is 1. The molecule has 0 aliphatic heterocycles. The number of methoxy groups -OCH3 is 1. The van der Waals surface area contributed by atoms with E-state index in [1.165, 1.54) is 49.4 Å². The van der Waals surface area contributed by atoms with Gasteiger partial charge >= 0.3 is 6.61 Å². The average molecular weight is 414 g/mol. The number of rotatable bonds is 8. The molecule has 0 saturated heterocycles. The lowest BCUT2D eigenvalue weighted by molar-refractivity contribution is -0.121. The zero-order valence-electron chi connectivity index (χ0n) is 16.4. The van der Waals surface area contributed by atoms with Crippen LogP contribution in [-0.2, 0) is 9.59 Å². The van der Waals surface area contributed by atoms with Crippen molar-refractivity contribution in [1.29, 1.82) is 0 Å². The zero-order chi connectivity index (χ0) is 22.1. The second-order valence-corrected chi connectivity index (χ2v) is 5.91. The van der Waals surface area contributed by atoms with Crippen molar-refractivity contribution < 1.29 is 27.8 Å². The number of hydrogen-bond acceptors (Lipinski definition) is 4. The molecule has 2 amide bonds. The molecule has 156 valence electrons. The largest absolute Gasteiger partial charge is 0.493 e. The molecule has 1 N–H and O–H groups in total. The van der Waals surface area contributed by atoms with Gasteiger partial charge in [-0.05, 0) is 42.0 Å². The van der Waals surface area contributed by atoms with E-state index in [0.29, 0.717) is 16.8 Å². The Balaban J connectivity index is 2.29. The summed E-state index contributed by atoms with van der Waals surface area (Å²) >= 11 is 0. The van der Waals surface area contributed by atoms with Gasteiger partial charge in [0.1, 0.15) is 6.54 Å². The number of ether oxygens (including phenoxy) is 2. The van der Waals surface area contributed by atoms with Crippen molar-refractivity contribution in [3.63, 3.8) is 0 Å². The Bertz CT molecular complexity index is 983. The van der Waals surface area contributed by atoms with Gasteiger partial charge in [-0.1, -0.05) is 18.1 Å². The van der Waals surface area contributed by atoms with Crippen LogP contribution in [0.5, 0.6) is 11.5 Å². The third-order valence-corrected chi connectivity index (χ3v) is 3.99. The van der Waals surface area contributed by atoms with Crippen LogP contribution in [0.1, 0.15) is 11.1 Å². The molecule has 30 heavy (non-hydrogen) atoms. The number of amides is 2. The van der Waals surface area contributed by atoms with Crippen LogP contribution in [0.15, 0.2) is 48.5 Å². The van der Waals surface area contributed by atoms with Gasteiger partial charge in [-0.3, -0.25) is 14.5 Å². The number of alkyl halides is 2. The fraction of sp³-hybridized carbons (Fsp3) is 0.182. The zero-order valence-corrected chi connectivity index (χ0v) is 16.4. The first-order valence-corrected chi connectivity index (χ1v) is 8.77. The van der Waals surface area contributed by atoms with Gasteiger partial charge in [0, 0.05) is 24.4 Å². The number of nitrogens with one attached hydrogen (secondary N) is 1. The van der Waals surface area contributed by atoms with Gasteiger partial charge in [-0.2, -0.15) is 8.78 Å². The van der Waals surface area contributed by atoms with Crippen LogP contribution in [0.3, 0.4) is 0 Å². The van der Waals surface area contributed by atoms with E-state index in [2.05, 4.69) is 16.0 Å². The lowest BCUT2D eigenvalue weighted by Gasteiger charge is -2.20. The van der Waals surface area contributed by atoms with Crippen LogP contribution in [0.2, 0.25) is 0 Å². The maximum atomic E-state index is 12.8. The van der Waals surface area contributed by atoms with Crippen molar-refractivity contribution in [2.75, 3.05) is 25.6 Å². The molecule has 0 spiro atoms. The summed E-state index contributed by atoms with van der Waals surface area (Å²) in [7, 11) is 2.78. The van der Waals surface area contributed by atoms with Crippen LogP contribution in [0, 0.1) is 12.3 Å². The molecule has 2 aromatic rings. The average Bonchev–Trinajstić information content (AvgIpc) is 2.75. The van der Waals surface area contributed by atoms with Crippen molar-refractivity contribution in [1.82, 2.24) is 5.32 Å². The van der Waals surface area contributed by atoms with Gasteiger partial charge in [0.15, 0.2) is 11.5 Å². The second kappa shape index (κ2) is 10.6. The maximum Gasteiger partial charge on any atom is 0.387 e. The van der Waals surface area contributed by atoms with E-state index in [-0.39, 0.29) is 24.0 Å². The molecule has 0 aliphatic carbocycles.